The predicted octanol–water partition coefficient (Wildman–Crippen LogP) is 3.81. The molecule has 0 fully saturated rings. The molecule has 0 saturated heterocycles. The summed E-state index contributed by atoms with van der Waals surface area (Å²) in [5, 5.41) is 9.08. The Morgan fingerprint density at radius 2 is 1.88 bits per heavy atom. The Balaban J connectivity index is 1.56. The second-order valence-corrected chi connectivity index (χ2v) is 7.05. The van der Waals surface area contributed by atoms with E-state index < -0.39 is 0 Å². The predicted molar refractivity (Wildman–Crippen MR) is 104 cm³/mol. The minimum Gasteiger partial charge on any atom is -0.352 e. The van der Waals surface area contributed by atoms with Crippen molar-refractivity contribution in [3.8, 4) is 0 Å². The summed E-state index contributed by atoms with van der Waals surface area (Å²) in [4.78, 5) is 25.2. The molecule has 134 valence electrons. The number of hydrogen-bond donors (Lipinski definition) is 2. The van der Waals surface area contributed by atoms with Gasteiger partial charge in [0.2, 0.25) is 11.9 Å². The average Bonchev–Trinajstić information content (AvgIpc) is 3.00. The van der Waals surface area contributed by atoms with Gasteiger partial charge in [-0.05, 0) is 31.5 Å². The maximum absolute atomic E-state index is 12.1. The van der Waals surface area contributed by atoms with Crippen LogP contribution in [0, 0.1) is 13.8 Å². The van der Waals surface area contributed by atoms with Crippen LogP contribution < -0.4 is 10.6 Å². The zero-order valence-corrected chi connectivity index (χ0v) is 16.0. The van der Waals surface area contributed by atoms with Crippen LogP contribution in [-0.2, 0) is 17.8 Å². The maximum atomic E-state index is 12.1. The Bertz CT molecular complexity index is 907. The molecule has 0 radical (unpaired) electrons. The number of aryl methyl sites for hydroxylation is 2. The van der Waals surface area contributed by atoms with Gasteiger partial charge in [0.05, 0.1) is 12.1 Å². The summed E-state index contributed by atoms with van der Waals surface area (Å²) in [7, 11) is 0. The van der Waals surface area contributed by atoms with Crippen molar-refractivity contribution in [3.05, 3.63) is 63.4 Å². The number of nitrogens with one attached hydrogen (secondary N) is 2. The van der Waals surface area contributed by atoms with Gasteiger partial charge >= 0.3 is 0 Å². The number of hydrogen-bond acceptors (Lipinski definition) is 6. The second kappa shape index (κ2) is 8.25. The number of benzene rings is 1. The van der Waals surface area contributed by atoms with E-state index in [1.807, 2.05) is 43.5 Å². The molecule has 8 heteroatoms. The third kappa shape index (κ3) is 5.00. The summed E-state index contributed by atoms with van der Waals surface area (Å²) in [5.74, 6) is 0.399. The molecule has 26 heavy (non-hydrogen) atoms. The van der Waals surface area contributed by atoms with Crippen LogP contribution in [0.25, 0.3) is 0 Å². The highest BCUT2D eigenvalue weighted by molar-refractivity contribution is 7.13. The molecule has 2 heterocycles. The smallest absolute Gasteiger partial charge is 0.229 e. The first kappa shape index (κ1) is 18.3. The van der Waals surface area contributed by atoms with E-state index in [1.165, 1.54) is 11.3 Å². The number of amides is 1. The largest absolute Gasteiger partial charge is 0.352 e. The van der Waals surface area contributed by atoms with Crippen LogP contribution in [0.2, 0.25) is 5.02 Å². The van der Waals surface area contributed by atoms with E-state index in [9.17, 15) is 4.79 Å². The Morgan fingerprint density at radius 3 is 2.62 bits per heavy atom. The SMILES string of the molecule is Cc1cc(C)nc(Nc2nc(CC(=O)NCc3ccccc3Cl)cs2)n1. The van der Waals surface area contributed by atoms with Crippen LogP contribution >= 0.6 is 22.9 Å². The van der Waals surface area contributed by atoms with Crippen molar-refractivity contribution in [2.45, 2.75) is 26.8 Å². The summed E-state index contributed by atoms with van der Waals surface area (Å²) in [6, 6.07) is 9.34. The van der Waals surface area contributed by atoms with E-state index in [2.05, 4.69) is 25.6 Å². The summed E-state index contributed by atoms with van der Waals surface area (Å²) < 4.78 is 0. The lowest BCUT2D eigenvalue weighted by Gasteiger charge is -2.06. The maximum Gasteiger partial charge on any atom is 0.229 e. The fourth-order valence-corrected chi connectivity index (χ4v) is 3.29. The van der Waals surface area contributed by atoms with Crippen molar-refractivity contribution in [2.24, 2.45) is 0 Å². The van der Waals surface area contributed by atoms with Gasteiger partial charge < -0.3 is 10.6 Å². The number of halogens is 1. The van der Waals surface area contributed by atoms with E-state index >= 15 is 0 Å². The molecule has 1 aromatic carbocycles. The molecule has 0 aliphatic rings. The monoisotopic (exact) mass is 387 g/mol. The van der Waals surface area contributed by atoms with Gasteiger partial charge in [0, 0.05) is 28.3 Å². The van der Waals surface area contributed by atoms with Crippen molar-refractivity contribution in [3.63, 3.8) is 0 Å². The lowest BCUT2D eigenvalue weighted by molar-refractivity contribution is -0.120. The molecule has 1 amide bonds. The Hall–Kier alpha value is -2.51. The summed E-state index contributed by atoms with van der Waals surface area (Å²) in [6.45, 7) is 4.22. The van der Waals surface area contributed by atoms with E-state index in [-0.39, 0.29) is 12.3 Å². The van der Waals surface area contributed by atoms with Crippen LogP contribution in [-0.4, -0.2) is 20.9 Å². The van der Waals surface area contributed by atoms with Crippen LogP contribution in [0.4, 0.5) is 11.1 Å². The van der Waals surface area contributed by atoms with Gasteiger partial charge in [0.25, 0.3) is 0 Å². The minimum atomic E-state index is -0.107. The summed E-state index contributed by atoms with van der Waals surface area (Å²) >= 11 is 7.50. The lowest BCUT2D eigenvalue weighted by Crippen LogP contribution is -2.24. The van der Waals surface area contributed by atoms with Crippen molar-refractivity contribution in [1.29, 1.82) is 0 Å². The zero-order chi connectivity index (χ0) is 18.5. The second-order valence-electron chi connectivity index (χ2n) is 5.79. The number of carbonyl (C=O) groups excluding carboxylic acids is 1. The van der Waals surface area contributed by atoms with Gasteiger partial charge in [0.1, 0.15) is 0 Å². The molecule has 0 aliphatic carbocycles. The lowest BCUT2D eigenvalue weighted by atomic mass is 10.2. The summed E-state index contributed by atoms with van der Waals surface area (Å²) in [5.41, 5.74) is 3.35. The first-order valence-corrected chi connectivity index (χ1v) is 9.29. The molecule has 0 spiro atoms. The third-order valence-electron chi connectivity index (χ3n) is 3.53. The normalized spacial score (nSPS) is 10.6. The average molecular weight is 388 g/mol. The van der Waals surface area contributed by atoms with Crippen LogP contribution in [0.5, 0.6) is 0 Å². The highest BCUT2D eigenvalue weighted by Gasteiger charge is 2.10. The topological polar surface area (TPSA) is 79.8 Å². The molecule has 0 saturated carbocycles. The Morgan fingerprint density at radius 1 is 1.15 bits per heavy atom. The molecule has 0 aliphatic heterocycles. The molecule has 6 nitrogen and oxygen atoms in total. The number of rotatable bonds is 6. The molecular weight excluding hydrogens is 370 g/mol. The van der Waals surface area contributed by atoms with E-state index in [0.29, 0.717) is 28.3 Å². The number of anilines is 2. The molecule has 0 bridgehead atoms. The molecule has 3 aromatic rings. The van der Waals surface area contributed by atoms with Crippen LogP contribution in [0.3, 0.4) is 0 Å². The van der Waals surface area contributed by atoms with E-state index in [1.54, 1.807) is 6.07 Å². The van der Waals surface area contributed by atoms with Gasteiger partial charge in [-0.15, -0.1) is 11.3 Å². The first-order chi connectivity index (χ1) is 12.5. The van der Waals surface area contributed by atoms with Gasteiger partial charge in [-0.3, -0.25) is 4.79 Å². The Kier molecular flexibility index (Phi) is 5.80. The number of aromatic nitrogens is 3. The van der Waals surface area contributed by atoms with Crippen molar-refractivity contribution in [2.75, 3.05) is 5.32 Å². The van der Waals surface area contributed by atoms with Crippen LogP contribution in [0.15, 0.2) is 35.7 Å². The van der Waals surface area contributed by atoms with Crippen molar-refractivity contribution >= 4 is 39.9 Å². The molecule has 2 aromatic heterocycles. The van der Waals surface area contributed by atoms with Gasteiger partial charge in [0.15, 0.2) is 5.13 Å². The number of thiazole rings is 1. The zero-order valence-electron chi connectivity index (χ0n) is 14.4. The highest BCUT2D eigenvalue weighted by Crippen LogP contribution is 2.20. The van der Waals surface area contributed by atoms with Gasteiger partial charge in [-0.1, -0.05) is 29.8 Å². The van der Waals surface area contributed by atoms with Gasteiger partial charge in [-0.25, -0.2) is 15.0 Å². The minimum absolute atomic E-state index is 0.107. The van der Waals surface area contributed by atoms with Gasteiger partial charge in [-0.2, -0.15) is 0 Å². The van der Waals surface area contributed by atoms with E-state index in [4.69, 9.17) is 11.6 Å². The fraction of sp³-hybridized carbons (Fsp3) is 0.222. The molecule has 0 unspecified atom stereocenters. The molecule has 0 atom stereocenters. The number of nitrogens with zero attached hydrogens (tertiary/aromatic N) is 3. The highest BCUT2D eigenvalue weighted by atomic mass is 35.5. The molecular formula is C18H18ClN5OS. The number of carbonyl (C=O) groups is 1. The van der Waals surface area contributed by atoms with Crippen molar-refractivity contribution in [1.82, 2.24) is 20.3 Å². The van der Waals surface area contributed by atoms with Crippen molar-refractivity contribution < 1.29 is 4.79 Å². The summed E-state index contributed by atoms with van der Waals surface area (Å²) in [6.07, 6.45) is 0.205. The first-order valence-electron chi connectivity index (χ1n) is 8.03. The molecule has 3 rings (SSSR count). The quantitative estimate of drug-likeness (QED) is 0.672. The fourth-order valence-electron chi connectivity index (χ4n) is 2.39. The van der Waals surface area contributed by atoms with E-state index in [0.717, 1.165) is 17.0 Å². The van der Waals surface area contributed by atoms with Crippen LogP contribution in [0.1, 0.15) is 22.6 Å². The standard InChI is InChI=1S/C18H18ClN5OS/c1-11-7-12(2)22-17(21-11)24-18-23-14(10-26-18)8-16(25)20-9-13-5-3-4-6-15(13)19/h3-7,10H,8-9H2,1-2H3,(H,20,25)(H,21,22,23,24). The third-order valence-corrected chi connectivity index (χ3v) is 4.70. The Labute approximate surface area is 160 Å². The molecule has 2 N–H and O–H groups in total.